The van der Waals surface area contributed by atoms with Crippen molar-refractivity contribution in [3.8, 4) is 0 Å². The Bertz CT molecular complexity index is 932. The number of hydrogen-bond donors (Lipinski definition) is 1. The molecular weight excluding hydrogens is 392 g/mol. The highest BCUT2D eigenvalue weighted by Gasteiger charge is 2.51. The second-order valence-corrected chi connectivity index (χ2v) is 7.55. The Morgan fingerprint density at radius 2 is 1.50 bits per heavy atom. The van der Waals surface area contributed by atoms with Crippen LogP contribution in [0.15, 0.2) is 66.9 Å². The Hall–Kier alpha value is -2.79. The maximum absolute atomic E-state index is 12.7. The molecule has 5 heteroatoms. The van der Waals surface area contributed by atoms with Crippen LogP contribution in [0.2, 0.25) is 0 Å². The molecule has 1 saturated carbocycles. The van der Waals surface area contributed by atoms with E-state index in [1.54, 1.807) is 6.20 Å². The summed E-state index contributed by atoms with van der Waals surface area (Å²) in [5, 5.41) is 3.38. The van der Waals surface area contributed by atoms with Crippen LogP contribution in [-0.4, -0.2) is 16.7 Å². The molecule has 0 radical (unpaired) electrons. The molecular formula is C25H30N2O2S. The molecule has 1 amide bonds. The van der Waals surface area contributed by atoms with Gasteiger partial charge in [-0.05, 0) is 24.0 Å². The van der Waals surface area contributed by atoms with Crippen molar-refractivity contribution in [2.75, 3.05) is 5.32 Å². The SMILES string of the molecule is CC.CC.O=C(Cc1ccccc1)c1cnc(NC(=O)C2(c3ccccc3)CC2)s1. The molecule has 4 rings (SSSR count). The Kier molecular flexibility index (Phi) is 8.93. The van der Waals surface area contributed by atoms with Gasteiger partial charge in [0.25, 0.3) is 0 Å². The Morgan fingerprint density at radius 3 is 2.07 bits per heavy atom. The van der Waals surface area contributed by atoms with Gasteiger partial charge in [0, 0.05) is 6.42 Å². The maximum Gasteiger partial charge on any atom is 0.236 e. The van der Waals surface area contributed by atoms with Crippen LogP contribution in [0, 0.1) is 0 Å². The summed E-state index contributed by atoms with van der Waals surface area (Å²) < 4.78 is 0. The average molecular weight is 423 g/mol. The van der Waals surface area contributed by atoms with Crippen molar-refractivity contribution in [2.24, 2.45) is 0 Å². The zero-order valence-corrected chi connectivity index (χ0v) is 19.0. The van der Waals surface area contributed by atoms with Gasteiger partial charge in [-0.15, -0.1) is 0 Å². The van der Waals surface area contributed by atoms with E-state index in [0.717, 1.165) is 24.0 Å². The lowest BCUT2D eigenvalue weighted by Crippen LogP contribution is -2.27. The fourth-order valence-electron chi connectivity index (χ4n) is 3.07. The molecule has 1 aliphatic rings. The molecule has 0 atom stereocenters. The van der Waals surface area contributed by atoms with Gasteiger partial charge >= 0.3 is 0 Å². The van der Waals surface area contributed by atoms with E-state index < -0.39 is 5.41 Å². The van der Waals surface area contributed by atoms with Crippen LogP contribution in [0.1, 0.15) is 61.3 Å². The third kappa shape index (κ3) is 5.63. The molecule has 2 aromatic carbocycles. The van der Waals surface area contributed by atoms with Crippen LogP contribution in [0.5, 0.6) is 0 Å². The average Bonchev–Trinajstić information content (AvgIpc) is 3.50. The smallest absolute Gasteiger partial charge is 0.236 e. The minimum atomic E-state index is -0.443. The number of nitrogens with zero attached hydrogens (tertiary/aromatic N) is 1. The lowest BCUT2D eigenvalue weighted by atomic mass is 9.95. The monoisotopic (exact) mass is 422 g/mol. The molecule has 1 aromatic heterocycles. The van der Waals surface area contributed by atoms with E-state index in [-0.39, 0.29) is 11.7 Å². The maximum atomic E-state index is 12.7. The van der Waals surface area contributed by atoms with Crippen molar-refractivity contribution >= 4 is 28.2 Å². The number of rotatable bonds is 6. The van der Waals surface area contributed by atoms with E-state index in [2.05, 4.69) is 10.3 Å². The van der Waals surface area contributed by atoms with Crippen molar-refractivity contribution < 1.29 is 9.59 Å². The number of aromatic nitrogens is 1. The number of nitrogens with one attached hydrogen (secondary N) is 1. The van der Waals surface area contributed by atoms with E-state index >= 15 is 0 Å². The summed E-state index contributed by atoms with van der Waals surface area (Å²) in [4.78, 5) is 29.9. The first-order valence-electron chi connectivity index (χ1n) is 10.6. The molecule has 30 heavy (non-hydrogen) atoms. The van der Waals surface area contributed by atoms with Gasteiger partial charge < -0.3 is 5.32 Å². The lowest BCUT2D eigenvalue weighted by molar-refractivity contribution is -0.118. The second-order valence-electron chi connectivity index (χ2n) is 6.52. The van der Waals surface area contributed by atoms with Crippen molar-refractivity contribution in [1.82, 2.24) is 4.98 Å². The van der Waals surface area contributed by atoms with Crippen molar-refractivity contribution in [3.05, 3.63) is 82.9 Å². The molecule has 0 spiro atoms. The highest BCUT2D eigenvalue weighted by molar-refractivity contribution is 7.17. The van der Waals surface area contributed by atoms with Gasteiger partial charge in [0.2, 0.25) is 5.91 Å². The zero-order chi connectivity index (χ0) is 22.0. The highest BCUT2D eigenvalue weighted by atomic mass is 32.1. The van der Waals surface area contributed by atoms with Crippen LogP contribution in [-0.2, 0) is 16.6 Å². The molecule has 3 aromatic rings. The zero-order valence-electron chi connectivity index (χ0n) is 18.1. The molecule has 0 aliphatic heterocycles. The molecule has 0 unspecified atom stereocenters. The van der Waals surface area contributed by atoms with Gasteiger partial charge in [-0.1, -0.05) is 99.7 Å². The molecule has 158 valence electrons. The fourth-order valence-corrected chi connectivity index (χ4v) is 3.82. The number of hydrogen-bond acceptors (Lipinski definition) is 4. The fraction of sp³-hybridized carbons (Fsp3) is 0.320. The summed E-state index contributed by atoms with van der Waals surface area (Å²) in [6.45, 7) is 8.00. The van der Waals surface area contributed by atoms with Crippen molar-refractivity contribution in [3.63, 3.8) is 0 Å². The number of carbonyl (C=O) groups excluding carboxylic acids is 2. The van der Waals surface area contributed by atoms with Gasteiger partial charge in [0.15, 0.2) is 10.9 Å². The van der Waals surface area contributed by atoms with Crippen LogP contribution < -0.4 is 5.32 Å². The molecule has 0 bridgehead atoms. The van der Waals surface area contributed by atoms with Crippen LogP contribution >= 0.6 is 11.3 Å². The summed E-state index contributed by atoms with van der Waals surface area (Å²) >= 11 is 1.24. The van der Waals surface area contributed by atoms with Gasteiger partial charge in [0.1, 0.15) is 0 Å². The number of Topliss-reactive ketones (excluding diaryl/α,β-unsaturated/α-hetero) is 1. The number of thiazole rings is 1. The number of benzene rings is 2. The largest absolute Gasteiger partial charge is 0.301 e. The Balaban J connectivity index is 0.000000757. The first-order valence-corrected chi connectivity index (χ1v) is 11.4. The van der Waals surface area contributed by atoms with Gasteiger partial charge in [-0.25, -0.2) is 4.98 Å². The quantitative estimate of drug-likeness (QED) is 0.475. The predicted molar refractivity (Wildman–Crippen MR) is 125 cm³/mol. The third-order valence-corrected chi connectivity index (χ3v) is 5.67. The Morgan fingerprint density at radius 1 is 0.933 bits per heavy atom. The van der Waals surface area contributed by atoms with E-state index in [9.17, 15) is 9.59 Å². The molecule has 1 aliphatic carbocycles. The van der Waals surface area contributed by atoms with Crippen LogP contribution in [0.3, 0.4) is 0 Å². The molecule has 1 heterocycles. The normalized spacial score (nSPS) is 13.1. The van der Waals surface area contributed by atoms with Gasteiger partial charge in [-0.3, -0.25) is 9.59 Å². The number of carbonyl (C=O) groups is 2. The number of ketones is 1. The number of amides is 1. The first kappa shape index (κ1) is 23.5. The topological polar surface area (TPSA) is 59.1 Å². The lowest BCUT2D eigenvalue weighted by Gasteiger charge is -2.14. The highest BCUT2D eigenvalue weighted by Crippen LogP contribution is 2.49. The molecule has 1 fully saturated rings. The standard InChI is InChI=1S/C21H18N2O2S.2C2H6/c24-17(13-15-7-3-1-4-8-15)18-14-22-20(26-18)23-19(25)21(11-12-21)16-9-5-2-6-10-16;2*1-2/h1-10,14H,11-13H2,(H,22,23,25);2*1-2H3. The number of anilines is 1. The minimum absolute atomic E-state index is 0.0124. The third-order valence-electron chi connectivity index (χ3n) is 4.72. The van der Waals surface area contributed by atoms with E-state index in [4.69, 9.17) is 0 Å². The van der Waals surface area contributed by atoms with Crippen LogP contribution in [0.4, 0.5) is 5.13 Å². The predicted octanol–water partition coefficient (Wildman–Crippen LogP) is 6.29. The Labute approximate surface area is 183 Å². The molecule has 1 N–H and O–H groups in total. The van der Waals surface area contributed by atoms with Gasteiger partial charge in [-0.2, -0.15) is 0 Å². The summed E-state index contributed by atoms with van der Waals surface area (Å²) in [5.74, 6) is -0.0292. The summed E-state index contributed by atoms with van der Waals surface area (Å²) in [6, 6.07) is 19.4. The minimum Gasteiger partial charge on any atom is -0.301 e. The molecule has 0 saturated heterocycles. The van der Waals surface area contributed by atoms with Gasteiger partial charge in [0.05, 0.1) is 16.5 Å². The molecule has 4 nitrogen and oxygen atoms in total. The van der Waals surface area contributed by atoms with Crippen molar-refractivity contribution in [2.45, 2.75) is 52.4 Å². The van der Waals surface area contributed by atoms with E-state index in [1.165, 1.54) is 11.3 Å². The summed E-state index contributed by atoms with van der Waals surface area (Å²) in [7, 11) is 0. The van der Waals surface area contributed by atoms with E-state index in [1.807, 2.05) is 88.4 Å². The van der Waals surface area contributed by atoms with Crippen molar-refractivity contribution in [1.29, 1.82) is 0 Å². The summed E-state index contributed by atoms with van der Waals surface area (Å²) in [5.41, 5.74) is 1.56. The van der Waals surface area contributed by atoms with Crippen LogP contribution in [0.25, 0.3) is 0 Å². The second kappa shape index (κ2) is 11.4. The van der Waals surface area contributed by atoms with E-state index in [0.29, 0.717) is 16.4 Å². The summed E-state index contributed by atoms with van der Waals surface area (Å²) in [6.07, 6.45) is 3.57. The first-order chi connectivity index (χ1) is 14.7.